The van der Waals surface area contributed by atoms with Crippen LogP contribution >= 0.6 is 0 Å². The molecule has 0 aromatic heterocycles. The molecule has 1 fully saturated rings. The lowest BCUT2D eigenvalue weighted by molar-refractivity contribution is -0.145. The van der Waals surface area contributed by atoms with Crippen molar-refractivity contribution in [3.8, 4) is 11.5 Å². The molecule has 0 unspecified atom stereocenters. The molecule has 8 nitrogen and oxygen atoms in total. The number of nitrogens with zero attached hydrogens (tertiary/aromatic N) is 1. The number of nitrogens with one attached hydrogen (secondary N) is 1. The molecule has 162 valence electrons. The maximum absolute atomic E-state index is 13.1. The maximum Gasteiger partial charge on any atom is 0.344 e. The number of halogens is 1. The SMILES string of the molecule is CCOC(=O)COc1ccc(C=C2NC(=O)N(Cc3ccc(F)cc3)C2=O)cc1OC. The van der Waals surface area contributed by atoms with Crippen LogP contribution in [0.4, 0.5) is 9.18 Å². The van der Waals surface area contributed by atoms with Crippen LogP contribution in [0.5, 0.6) is 11.5 Å². The lowest BCUT2D eigenvalue weighted by atomic mass is 10.1. The number of carbonyl (C=O) groups excluding carboxylic acids is 3. The first kappa shape index (κ1) is 21.8. The Bertz CT molecular complexity index is 1020. The van der Waals surface area contributed by atoms with Crippen molar-refractivity contribution in [2.24, 2.45) is 0 Å². The lowest BCUT2D eigenvalue weighted by Gasteiger charge is -2.12. The lowest BCUT2D eigenvalue weighted by Crippen LogP contribution is -2.30. The average molecular weight is 428 g/mol. The zero-order valence-corrected chi connectivity index (χ0v) is 17.0. The van der Waals surface area contributed by atoms with Gasteiger partial charge >= 0.3 is 12.0 Å². The zero-order valence-electron chi connectivity index (χ0n) is 17.0. The molecular weight excluding hydrogens is 407 g/mol. The van der Waals surface area contributed by atoms with Gasteiger partial charge in [-0.3, -0.25) is 9.69 Å². The van der Waals surface area contributed by atoms with Crippen LogP contribution in [-0.4, -0.2) is 43.1 Å². The van der Waals surface area contributed by atoms with Crippen molar-refractivity contribution < 1.29 is 33.0 Å². The summed E-state index contributed by atoms with van der Waals surface area (Å²) in [4.78, 5) is 37.4. The molecule has 1 N–H and O–H groups in total. The first-order valence-electron chi connectivity index (χ1n) is 9.46. The van der Waals surface area contributed by atoms with Crippen molar-refractivity contribution in [2.75, 3.05) is 20.3 Å². The Labute approximate surface area is 178 Å². The predicted molar refractivity (Wildman–Crippen MR) is 109 cm³/mol. The summed E-state index contributed by atoms with van der Waals surface area (Å²) in [5.74, 6) is -0.728. The molecule has 0 radical (unpaired) electrons. The zero-order chi connectivity index (χ0) is 22.4. The minimum Gasteiger partial charge on any atom is -0.493 e. The van der Waals surface area contributed by atoms with E-state index < -0.39 is 23.7 Å². The number of benzene rings is 2. The summed E-state index contributed by atoms with van der Waals surface area (Å²) >= 11 is 0. The van der Waals surface area contributed by atoms with Crippen LogP contribution in [0, 0.1) is 5.82 Å². The third-order valence-corrected chi connectivity index (χ3v) is 4.37. The van der Waals surface area contributed by atoms with Crippen LogP contribution in [0.15, 0.2) is 48.2 Å². The largest absolute Gasteiger partial charge is 0.493 e. The van der Waals surface area contributed by atoms with Gasteiger partial charge < -0.3 is 19.5 Å². The van der Waals surface area contributed by atoms with Gasteiger partial charge in [-0.1, -0.05) is 18.2 Å². The van der Waals surface area contributed by atoms with Gasteiger partial charge in [-0.05, 0) is 48.4 Å². The molecule has 1 heterocycles. The van der Waals surface area contributed by atoms with Crippen LogP contribution < -0.4 is 14.8 Å². The molecule has 0 bridgehead atoms. The highest BCUT2D eigenvalue weighted by atomic mass is 19.1. The minimum atomic E-state index is -0.568. The topological polar surface area (TPSA) is 94.2 Å². The first-order chi connectivity index (χ1) is 14.9. The molecule has 0 aliphatic carbocycles. The highest BCUT2D eigenvalue weighted by Gasteiger charge is 2.33. The van der Waals surface area contributed by atoms with E-state index in [-0.39, 0.29) is 25.5 Å². The normalized spacial score (nSPS) is 14.5. The summed E-state index contributed by atoms with van der Waals surface area (Å²) in [6.07, 6.45) is 1.50. The number of amides is 3. The van der Waals surface area contributed by atoms with Gasteiger partial charge in [0.25, 0.3) is 5.91 Å². The number of imide groups is 1. The Hall–Kier alpha value is -3.88. The Morgan fingerprint density at radius 1 is 1.13 bits per heavy atom. The van der Waals surface area contributed by atoms with Gasteiger partial charge in [-0.2, -0.15) is 0 Å². The second-order valence-corrected chi connectivity index (χ2v) is 6.51. The molecule has 2 aromatic carbocycles. The molecule has 3 amide bonds. The standard InChI is InChI=1S/C22H21FN2O6/c1-3-30-20(26)13-31-18-9-6-15(11-19(18)29-2)10-17-21(27)25(22(28)24-17)12-14-4-7-16(23)8-5-14/h4-11H,3,12-13H2,1-2H3,(H,24,28). The second kappa shape index (κ2) is 9.75. The molecule has 1 aliphatic heterocycles. The van der Waals surface area contributed by atoms with Gasteiger partial charge in [0.05, 0.1) is 20.3 Å². The van der Waals surface area contributed by atoms with E-state index in [4.69, 9.17) is 14.2 Å². The van der Waals surface area contributed by atoms with E-state index in [1.807, 2.05) is 0 Å². The summed E-state index contributed by atoms with van der Waals surface area (Å²) in [5.41, 5.74) is 1.29. The molecule has 0 spiro atoms. The van der Waals surface area contributed by atoms with Crippen LogP contribution in [0.1, 0.15) is 18.1 Å². The van der Waals surface area contributed by atoms with E-state index in [1.165, 1.54) is 37.5 Å². The van der Waals surface area contributed by atoms with Crippen molar-refractivity contribution >= 4 is 24.0 Å². The first-order valence-corrected chi connectivity index (χ1v) is 9.46. The van der Waals surface area contributed by atoms with Gasteiger partial charge in [0.15, 0.2) is 18.1 Å². The number of urea groups is 1. The summed E-state index contributed by atoms with van der Waals surface area (Å²) < 4.78 is 28.6. The Balaban J connectivity index is 1.73. The third kappa shape index (κ3) is 5.39. The van der Waals surface area contributed by atoms with Crippen molar-refractivity contribution in [1.82, 2.24) is 10.2 Å². The number of hydrogen-bond acceptors (Lipinski definition) is 6. The molecule has 31 heavy (non-hydrogen) atoms. The molecule has 0 atom stereocenters. The van der Waals surface area contributed by atoms with Gasteiger partial charge in [-0.15, -0.1) is 0 Å². The molecule has 9 heteroatoms. The highest BCUT2D eigenvalue weighted by Crippen LogP contribution is 2.29. The van der Waals surface area contributed by atoms with Crippen LogP contribution in [0.25, 0.3) is 6.08 Å². The Morgan fingerprint density at radius 2 is 1.87 bits per heavy atom. The number of hydrogen-bond donors (Lipinski definition) is 1. The van der Waals surface area contributed by atoms with E-state index >= 15 is 0 Å². The Morgan fingerprint density at radius 3 is 2.55 bits per heavy atom. The number of rotatable bonds is 8. The highest BCUT2D eigenvalue weighted by molar-refractivity contribution is 6.13. The van der Waals surface area contributed by atoms with E-state index in [0.29, 0.717) is 22.6 Å². The summed E-state index contributed by atoms with van der Waals surface area (Å²) in [7, 11) is 1.44. The third-order valence-electron chi connectivity index (χ3n) is 4.37. The van der Waals surface area contributed by atoms with Crippen LogP contribution in [0.2, 0.25) is 0 Å². The Kier molecular flexibility index (Phi) is 6.86. The number of ether oxygens (including phenoxy) is 3. The number of esters is 1. The summed E-state index contributed by atoms with van der Waals surface area (Å²) in [6, 6.07) is 9.83. The minimum absolute atomic E-state index is 0.0201. The number of methoxy groups -OCH3 is 1. The molecular formula is C22H21FN2O6. The van der Waals surface area contributed by atoms with Crippen molar-refractivity contribution in [3.05, 3.63) is 65.1 Å². The van der Waals surface area contributed by atoms with Gasteiger partial charge in [0.2, 0.25) is 0 Å². The monoisotopic (exact) mass is 428 g/mol. The van der Waals surface area contributed by atoms with Crippen LogP contribution in [0.3, 0.4) is 0 Å². The van der Waals surface area contributed by atoms with Gasteiger partial charge in [-0.25, -0.2) is 14.0 Å². The maximum atomic E-state index is 13.1. The van der Waals surface area contributed by atoms with E-state index in [1.54, 1.807) is 25.1 Å². The molecule has 2 aromatic rings. The molecule has 3 rings (SSSR count). The quantitative estimate of drug-likeness (QED) is 0.395. The van der Waals surface area contributed by atoms with Crippen molar-refractivity contribution in [3.63, 3.8) is 0 Å². The van der Waals surface area contributed by atoms with Crippen molar-refractivity contribution in [1.29, 1.82) is 0 Å². The van der Waals surface area contributed by atoms with Crippen LogP contribution in [-0.2, 0) is 20.9 Å². The summed E-state index contributed by atoms with van der Waals surface area (Å²) in [6.45, 7) is 1.71. The van der Waals surface area contributed by atoms with Gasteiger partial charge in [0.1, 0.15) is 11.5 Å². The van der Waals surface area contributed by atoms with E-state index in [2.05, 4.69) is 5.32 Å². The molecule has 1 aliphatic rings. The van der Waals surface area contributed by atoms with Gasteiger partial charge in [0, 0.05) is 0 Å². The number of carbonyl (C=O) groups is 3. The molecule has 1 saturated heterocycles. The van der Waals surface area contributed by atoms with Crippen molar-refractivity contribution in [2.45, 2.75) is 13.5 Å². The fourth-order valence-electron chi connectivity index (χ4n) is 2.89. The fraction of sp³-hybridized carbons (Fsp3) is 0.227. The second-order valence-electron chi connectivity index (χ2n) is 6.51. The fourth-order valence-corrected chi connectivity index (χ4v) is 2.89. The molecule has 0 saturated carbocycles. The summed E-state index contributed by atoms with van der Waals surface area (Å²) in [5, 5.41) is 2.53. The van der Waals surface area contributed by atoms with E-state index in [0.717, 1.165) is 4.90 Å². The predicted octanol–water partition coefficient (Wildman–Crippen LogP) is 2.87. The smallest absolute Gasteiger partial charge is 0.344 e. The average Bonchev–Trinajstić information content (AvgIpc) is 3.01. The van der Waals surface area contributed by atoms with E-state index in [9.17, 15) is 18.8 Å².